The molecule has 98 valence electrons. The average Bonchev–Trinajstić information content (AvgIpc) is 2.42. The van der Waals surface area contributed by atoms with E-state index in [1.807, 2.05) is 25.1 Å². The molecule has 0 spiro atoms. The summed E-state index contributed by atoms with van der Waals surface area (Å²) in [6.45, 7) is 2.02. The lowest BCUT2D eigenvalue weighted by Crippen LogP contribution is -2.38. The van der Waals surface area contributed by atoms with E-state index < -0.39 is 6.04 Å². The molecule has 0 saturated heterocycles. The Hall–Kier alpha value is -1.91. The predicted molar refractivity (Wildman–Crippen MR) is 70.4 cm³/mol. The number of hydrogen-bond donors (Lipinski definition) is 2. The van der Waals surface area contributed by atoms with Crippen LogP contribution in [-0.2, 0) is 16.0 Å². The number of likely N-dealkylation sites (N-methyl/N-ethyl adjacent to an activating group) is 1. The fourth-order valence-electron chi connectivity index (χ4n) is 1.61. The van der Waals surface area contributed by atoms with Crippen LogP contribution in [0.1, 0.15) is 25.5 Å². The van der Waals surface area contributed by atoms with Crippen LogP contribution >= 0.6 is 0 Å². The number of aryl methyl sites for hydroxylation is 1. The molecule has 0 fully saturated rings. The van der Waals surface area contributed by atoms with E-state index in [0.29, 0.717) is 18.7 Å². The van der Waals surface area contributed by atoms with Gasteiger partial charge in [-0.15, -0.1) is 0 Å². The van der Waals surface area contributed by atoms with Crippen LogP contribution in [0.15, 0.2) is 18.2 Å². The molecule has 0 aliphatic rings. The van der Waals surface area contributed by atoms with Crippen molar-refractivity contribution in [2.75, 3.05) is 12.4 Å². The molecule has 0 radical (unpaired) electrons. The van der Waals surface area contributed by atoms with E-state index in [2.05, 4.69) is 15.6 Å². The standard InChI is InChI=1S/C13H19N3O2/c1-3-10-6-4-8-12(15-10)16-11(7-5-9-17)13(18)14-2/h4,6,8-9,11H,3,5,7H2,1-2H3,(H,14,18)(H,15,16). The van der Waals surface area contributed by atoms with Crippen LogP contribution in [0.25, 0.3) is 0 Å². The number of aromatic nitrogens is 1. The largest absolute Gasteiger partial charge is 0.358 e. The van der Waals surface area contributed by atoms with Gasteiger partial charge in [0, 0.05) is 19.2 Å². The van der Waals surface area contributed by atoms with Crippen LogP contribution in [0, 0.1) is 0 Å². The van der Waals surface area contributed by atoms with Crippen molar-refractivity contribution >= 4 is 18.0 Å². The summed E-state index contributed by atoms with van der Waals surface area (Å²) in [6, 6.07) is 5.22. The summed E-state index contributed by atoms with van der Waals surface area (Å²) in [7, 11) is 1.58. The fourth-order valence-corrected chi connectivity index (χ4v) is 1.61. The second-order valence-corrected chi connectivity index (χ2v) is 3.92. The number of nitrogens with one attached hydrogen (secondary N) is 2. The van der Waals surface area contributed by atoms with Crippen molar-refractivity contribution in [3.8, 4) is 0 Å². The Bertz CT molecular complexity index is 407. The fraction of sp³-hybridized carbons (Fsp3) is 0.462. The zero-order valence-corrected chi connectivity index (χ0v) is 10.8. The van der Waals surface area contributed by atoms with Gasteiger partial charge in [-0.2, -0.15) is 0 Å². The van der Waals surface area contributed by atoms with Gasteiger partial charge in [0.1, 0.15) is 18.1 Å². The predicted octanol–water partition coefficient (Wildman–Crippen LogP) is 1.15. The Morgan fingerprint density at radius 3 is 2.89 bits per heavy atom. The molecule has 1 heterocycles. The van der Waals surface area contributed by atoms with Crippen molar-refractivity contribution in [2.45, 2.75) is 32.2 Å². The SMILES string of the molecule is CCc1cccc(NC(CCC=O)C(=O)NC)n1. The van der Waals surface area contributed by atoms with Crippen LogP contribution in [-0.4, -0.2) is 30.3 Å². The molecule has 0 aliphatic carbocycles. The number of aldehydes is 1. The molecular weight excluding hydrogens is 230 g/mol. The van der Waals surface area contributed by atoms with E-state index in [1.165, 1.54) is 0 Å². The molecule has 1 aromatic rings. The van der Waals surface area contributed by atoms with Crippen molar-refractivity contribution in [2.24, 2.45) is 0 Å². The van der Waals surface area contributed by atoms with Crippen molar-refractivity contribution in [3.05, 3.63) is 23.9 Å². The average molecular weight is 249 g/mol. The first-order valence-electron chi connectivity index (χ1n) is 6.09. The first-order valence-corrected chi connectivity index (χ1v) is 6.09. The number of nitrogens with zero attached hydrogens (tertiary/aromatic N) is 1. The van der Waals surface area contributed by atoms with E-state index in [4.69, 9.17) is 0 Å². The smallest absolute Gasteiger partial charge is 0.242 e. The monoisotopic (exact) mass is 249 g/mol. The van der Waals surface area contributed by atoms with Gasteiger partial charge >= 0.3 is 0 Å². The molecule has 0 bridgehead atoms. The zero-order valence-electron chi connectivity index (χ0n) is 10.8. The lowest BCUT2D eigenvalue weighted by atomic mass is 10.1. The Kier molecular flexibility index (Phi) is 5.84. The van der Waals surface area contributed by atoms with Crippen LogP contribution < -0.4 is 10.6 Å². The van der Waals surface area contributed by atoms with E-state index in [1.54, 1.807) is 7.05 Å². The van der Waals surface area contributed by atoms with Crippen molar-refractivity contribution in [3.63, 3.8) is 0 Å². The van der Waals surface area contributed by atoms with Crippen molar-refractivity contribution in [1.82, 2.24) is 10.3 Å². The van der Waals surface area contributed by atoms with E-state index >= 15 is 0 Å². The quantitative estimate of drug-likeness (QED) is 0.711. The highest BCUT2D eigenvalue weighted by Crippen LogP contribution is 2.09. The highest BCUT2D eigenvalue weighted by Gasteiger charge is 2.16. The topological polar surface area (TPSA) is 71.1 Å². The molecule has 1 atom stereocenters. The first-order chi connectivity index (χ1) is 8.71. The number of anilines is 1. The number of rotatable bonds is 7. The van der Waals surface area contributed by atoms with Gasteiger partial charge in [0.15, 0.2) is 0 Å². The number of carbonyl (C=O) groups excluding carboxylic acids is 2. The Morgan fingerprint density at radius 2 is 2.28 bits per heavy atom. The highest BCUT2D eigenvalue weighted by molar-refractivity contribution is 5.84. The maximum Gasteiger partial charge on any atom is 0.242 e. The summed E-state index contributed by atoms with van der Waals surface area (Å²) in [5, 5.41) is 5.63. The van der Waals surface area contributed by atoms with Gasteiger partial charge in [0.25, 0.3) is 0 Å². The second-order valence-electron chi connectivity index (χ2n) is 3.92. The van der Waals surface area contributed by atoms with Gasteiger partial charge in [-0.1, -0.05) is 13.0 Å². The summed E-state index contributed by atoms with van der Waals surface area (Å²) in [6.07, 6.45) is 2.46. The normalized spacial score (nSPS) is 11.7. The van der Waals surface area contributed by atoms with Crippen molar-refractivity contribution < 1.29 is 9.59 Å². The maximum atomic E-state index is 11.7. The Labute approximate surface area is 107 Å². The second kappa shape index (κ2) is 7.42. The van der Waals surface area contributed by atoms with Crippen LogP contribution in [0.4, 0.5) is 5.82 Å². The minimum atomic E-state index is -0.431. The zero-order chi connectivity index (χ0) is 13.4. The molecule has 2 N–H and O–H groups in total. The van der Waals surface area contributed by atoms with Gasteiger partial charge in [-0.25, -0.2) is 4.98 Å². The molecule has 5 nitrogen and oxygen atoms in total. The molecule has 1 amide bonds. The summed E-state index contributed by atoms with van der Waals surface area (Å²) < 4.78 is 0. The summed E-state index contributed by atoms with van der Waals surface area (Å²) in [4.78, 5) is 26.4. The van der Waals surface area contributed by atoms with Gasteiger partial charge in [0.2, 0.25) is 5.91 Å². The Morgan fingerprint density at radius 1 is 1.50 bits per heavy atom. The third-order valence-corrected chi connectivity index (χ3v) is 2.63. The summed E-state index contributed by atoms with van der Waals surface area (Å²) in [5.41, 5.74) is 0.964. The first kappa shape index (κ1) is 14.2. The van der Waals surface area contributed by atoms with Crippen molar-refractivity contribution in [1.29, 1.82) is 0 Å². The van der Waals surface area contributed by atoms with Crippen LogP contribution in [0.5, 0.6) is 0 Å². The number of amides is 1. The van der Waals surface area contributed by atoms with Gasteiger partial charge in [0.05, 0.1) is 0 Å². The Balaban J connectivity index is 2.74. The molecule has 18 heavy (non-hydrogen) atoms. The summed E-state index contributed by atoms with van der Waals surface area (Å²) >= 11 is 0. The van der Waals surface area contributed by atoms with Crippen LogP contribution in [0.2, 0.25) is 0 Å². The molecular formula is C13H19N3O2. The third kappa shape index (κ3) is 4.16. The van der Waals surface area contributed by atoms with E-state index in [0.717, 1.165) is 18.4 Å². The molecule has 0 aliphatic heterocycles. The van der Waals surface area contributed by atoms with E-state index in [-0.39, 0.29) is 5.91 Å². The molecule has 1 unspecified atom stereocenters. The lowest BCUT2D eigenvalue weighted by Gasteiger charge is -2.17. The summed E-state index contributed by atoms with van der Waals surface area (Å²) in [5.74, 6) is 0.523. The molecule has 5 heteroatoms. The van der Waals surface area contributed by atoms with Gasteiger partial charge in [-0.3, -0.25) is 4.79 Å². The molecule has 1 aromatic heterocycles. The molecule has 1 rings (SSSR count). The number of pyridine rings is 1. The minimum absolute atomic E-state index is 0.138. The molecule has 0 saturated carbocycles. The van der Waals surface area contributed by atoms with Crippen LogP contribution in [0.3, 0.4) is 0 Å². The minimum Gasteiger partial charge on any atom is -0.358 e. The van der Waals surface area contributed by atoms with E-state index in [9.17, 15) is 9.59 Å². The number of hydrogen-bond acceptors (Lipinski definition) is 4. The van der Waals surface area contributed by atoms with Gasteiger partial charge in [-0.05, 0) is 25.0 Å². The highest BCUT2D eigenvalue weighted by atomic mass is 16.2. The third-order valence-electron chi connectivity index (χ3n) is 2.63. The molecule has 0 aromatic carbocycles. The van der Waals surface area contributed by atoms with Gasteiger partial charge < -0.3 is 15.4 Å². The number of carbonyl (C=O) groups is 2. The lowest BCUT2D eigenvalue weighted by molar-refractivity contribution is -0.121. The maximum absolute atomic E-state index is 11.7.